The van der Waals surface area contributed by atoms with Crippen LogP contribution in [0.5, 0.6) is 0 Å². The molecule has 2 nitrogen and oxygen atoms in total. The first kappa shape index (κ1) is 12.1. The van der Waals surface area contributed by atoms with Gasteiger partial charge in [0.1, 0.15) is 5.82 Å². The molecule has 1 rings (SSSR count). The number of rotatable bonds is 4. The Hall–Kier alpha value is -0.930. The summed E-state index contributed by atoms with van der Waals surface area (Å²) in [6.07, 6.45) is 0. The fraction of sp³-hybridized carbons (Fsp3) is 0.500. The average molecular weight is 211 g/mol. The Morgan fingerprint density at radius 1 is 1.40 bits per heavy atom. The van der Waals surface area contributed by atoms with Gasteiger partial charge in [-0.1, -0.05) is 18.2 Å². The minimum atomic E-state index is -0.800. The highest BCUT2D eigenvalue weighted by Gasteiger charge is 2.21. The quantitative estimate of drug-likeness (QED) is 0.799. The van der Waals surface area contributed by atoms with E-state index in [0.717, 1.165) is 0 Å². The molecule has 3 heteroatoms. The molecule has 1 unspecified atom stereocenters. The Balaban J connectivity index is 2.55. The third-order valence-corrected chi connectivity index (χ3v) is 2.62. The van der Waals surface area contributed by atoms with E-state index in [4.69, 9.17) is 0 Å². The molecule has 0 fully saturated rings. The van der Waals surface area contributed by atoms with Crippen molar-refractivity contribution in [3.05, 3.63) is 35.6 Å². The number of halogens is 1. The summed E-state index contributed by atoms with van der Waals surface area (Å²) < 4.78 is 13.2. The number of nitrogens with one attached hydrogen (secondary N) is 1. The van der Waals surface area contributed by atoms with Crippen LogP contribution in [-0.4, -0.2) is 16.7 Å². The van der Waals surface area contributed by atoms with Crippen LogP contribution < -0.4 is 5.32 Å². The molecule has 1 atom stereocenters. The Kier molecular flexibility index (Phi) is 3.83. The van der Waals surface area contributed by atoms with Gasteiger partial charge >= 0.3 is 0 Å². The molecule has 1 aromatic rings. The minimum Gasteiger partial charge on any atom is -0.389 e. The van der Waals surface area contributed by atoms with Crippen LogP contribution in [0.3, 0.4) is 0 Å². The van der Waals surface area contributed by atoms with E-state index >= 15 is 0 Å². The lowest BCUT2D eigenvalue weighted by atomic mass is 10.0. The van der Waals surface area contributed by atoms with Crippen molar-refractivity contribution in [3.8, 4) is 0 Å². The van der Waals surface area contributed by atoms with E-state index in [1.807, 2.05) is 6.92 Å². The first-order valence-corrected chi connectivity index (χ1v) is 5.10. The number of benzene rings is 1. The maximum atomic E-state index is 13.2. The summed E-state index contributed by atoms with van der Waals surface area (Å²) in [5.74, 6) is -0.215. The van der Waals surface area contributed by atoms with Gasteiger partial charge in [-0.25, -0.2) is 4.39 Å². The van der Waals surface area contributed by atoms with Gasteiger partial charge < -0.3 is 10.4 Å². The topological polar surface area (TPSA) is 32.3 Å². The molecule has 0 aliphatic rings. The molecule has 0 saturated carbocycles. The molecule has 0 radical (unpaired) electrons. The maximum Gasteiger partial charge on any atom is 0.127 e. The molecular formula is C12H18FNO. The van der Waals surface area contributed by atoms with Crippen molar-refractivity contribution in [2.24, 2.45) is 0 Å². The van der Waals surface area contributed by atoms with E-state index in [1.54, 1.807) is 32.0 Å². The van der Waals surface area contributed by atoms with Gasteiger partial charge in [-0.3, -0.25) is 0 Å². The van der Waals surface area contributed by atoms with E-state index < -0.39 is 5.60 Å². The van der Waals surface area contributed by atoms with Crippen LogP contribution in [0.4, 0.5) is 4.39 Å². The number of hydrogen-bond acceptors (Lipinski definition) is 2. The third-order valence-electron chi connectivity index (χ3n) is 2.62. The van der Waals surface area contributed by atoms with Crippen molar-refractivity contribution < 1.29 is 9.50 Å². The Morgan fingerprint density at radius 2 is 2.00 bits per heavy atom. The summed E-state index contributed by atoms with van der Waals surface area (Å²) >= 11 is 0. The van der Waals surface area contributed by atoms with Gasteiger partial charge in [0.05, 0.1) is 5.60 Å². The Bertz CT molecular complexity index is 320. The Morgan fingerprint density at radius 3 is 2.53 bits per heavy atom. The molecule has 0 bridgehead atoms. The van der Waals surface area contributed by atoms with Crippen molar-refractivity contribution in [2.45, 2.75) is 39.0 Å². The first-order valence-electron chi connectivity index (χ1n) is 5.10. The first-order chi connectivity index (χ1) is 6.91. The van der Waals surface area contributed by atoms with Crippen LogP contribution in [0.15, 0.2) is 24.3 Å². The van der Waals surface area contributed by atoms with Crippen molar-refractivity contribution in [2.75, 3.05) is 0 Å². The van der Waals surface area contributed by atoms with Gasteiger partial charge in [-0.15, -0.1) is 0 Å². The van der Waals surface area contributed by atoms with Crippen LogP contribution in [0.25, 0.3) is 0 Å². The maximum absolute atomic E-state index is 13.2. The molecule has 0 saturated heterocycles. The third kappa shape index (κ3) is 3.61. The Labute approximate surface area is 90.1 Å². The zero-order valence-electron chi connectivity index (χ0n) is 9.42. The summed E-state index contributed by atoms with van der Waals surface area (Å²) in [7, 11) is 0. The number of hydrogen-bond donors (Lipinski definition) is 2. The molecule has 1 aromatic carbocycles. The lowest BCUT2D eigenvalue weighted by molar-refractivity contribution is 0.0436. The lowest BCUT2D eigenvalue weighted by Crippen LogP contribution is -2.44. The van der Waals surface area contributed by atoms with Crippen LogP contribution in [0.1, 0.15) is 26.3 Å². The molecule has 2 N–H and O–H groups in total. The van der Waals surface area contributed by atoms with Crippen molar-refractivity contribution in [1.82, 2.24) is 5.32 Å². The fourth-order valence-corrected chi connectivity index (χ4v) is 1.15. The summed E-state index contributed by atoms with van der Waals surface area (Å²) in [5.41, 5.74) is -0.181. The summed E-state index contributed by atoms with van der Waals surface area (Å²) in [4.78, 5) is 0. The minimum absolute atomic E-state index is 0.0860. The second-order valence-corrected chi connectivity index (χ2v) is 4.35. The predicted molar refractivity (Wildman–Crippen MR) is 59.0 cm³/mol. The van der Waals surface area contributed by atoms with Gasteiger partial charge in [0.25, 0.3) is 0 Å². The van der Waals surface area contributed by atoms with Crippen LogP contribution in [0, 0.1) is 5.82 Å². The standard InChI is InChI=1S/C12H18FNO/c1-9(12(2,3)15)14-8-10-6-4-5-7-11(10)13/h4-7,9,14-15H,8H2,1-3H3. The van der Waals surface area contributed by atoms with Crippen molar-refractivity contribution >= 4 is 0 Å². The summed E-state index contributed by atoms with van der Waals surface area (Å²) in [6.45, 7) is 5.76. The largest absolute Gasteiger partial charge is 0.389 e. The zero-order chi connectivity index (χ0) is 11.5. The van der Waals surface area contributed by atoms with Gasteiger partial charge in [-0.05, 0) is 26.8 Å². The molecule has 0 spiro atoms. The number of aliphatic hydroxyl groups is 1. The van der Waals surface area contributed by atoms with E-state index in [2.05, 4.69) is 5.32 Å². The van der Waals surface area contributed by atoms with E-state index in [-0.39, 0.29) is 11.9 Å². The van der Waals surface area contributed by atoms with Crippen molar-refractivity contribution in [1.29, 1.82) is 0 Å². The second-order valence-electron chi connectivity index (χ2n) is 4.35. The van der Waals surface area contributed by atoms with Gasteiger partial charge in [0, 0.05) is 18.2 Å². The molecule has 0 aliphatic carbocycles. The second kappa shape index (κ2) is 4.73. The molecule has 0 aromatic heterocycles. The molecule has 0 heterocycles. The monoisotopic (exact) mass is 211 g/mol. The van der Waals surface area contributed by atoms with Crippen molar-refractivity contribution in [3.63, 3.8) is 0 Å². The van der Waals surface area contributed by atoms with E-state index in [1.165, 1.54) is 6.07 Å². The molecule has 84 valence electrons. The molecule has 0 aliphatic heterocycles. The van der Waals surface area contributed by atoms with Crippen LogP contribution in [-0.2, 0) is 6.54 Å². The fourth-order valence-electron chi connectivity index (χ4n) is 1.15. The molecular weight excluding hydrogens is 193 g/mol. The normalized spacial score (nSPS) is 13.9. The predicted octanol–water partition coefficient (Wildman–Crippen LogP) is 2.07. The summed E-state index contributed by atoms with van der Waals surface area (Å²) in [5, 5.41) is 12.8. The van der Waals surface area contributed by atoms with Crippen LogP contribution >= 0.6 is 0 Å². The molecule has 0 amide bonds. The summed E-state index contributed by atoms with van der Waals surface area (Å²) in [6, 6.07) is 6.55. The molecule has 15 heavy (non-hydrogen) atoms. The highest BCUT2D eigenvalue weighted by Crippen LogP contribution is 2.10. The zero-order valence-corrected chi connectivity index (χ0v) is 9.42. The average Bonchev–Trinajstić information content (AvgIpc) is 2.14. The smallest absolute Gasteiger partial charge is 0.127 e. The highest BCUT2D eigenvalue weighted by molar-refractivity contribution is 5.17. The van der Waals surface area contributed by atoms with Crippen LogP contribution in [0.2, 0.25) is 0 Å². The van der Waals surface area contributed by atoms with Gasteiger partial charge in [-0.2, -0.15) is 0 Å². The van der Waals surface area contributed by atoms with E-state index in [9.17, 15) is 9.50 Å². The van der Waals surface area contributed by atoms with E-state index in [0.29, 0.717) is 12.1 Å². The van der Waals surface area contributed by atoms with Gasteiger partial charge in [0.15, 0.2) is 0 Å². The highest BCUT2D eigenvalue weighted by atomic mass is 19.1. The van der Waals surface area contributed by atoms with Gasteiger partial charge in [0.2, 0.25) is 0 Å². The lowest BCUT2D eigenvalue weighted by Gasteiger charge is -2.26. The SMILES string of the molecule is CC(NCc1ccccc1F)C(C)(C)O.